The van der Waals surface area contributed by atoms with Gasteiger partial charge < -0.3 is 9.84 Å². The number of carbonyl (C=O) groups is 1. The van der Waals surface area contributed by atoms with Crippen molar-refractivity contribution in [2.45, 2.75) is 4.21 Å². The Bertz CT molecular complexity index is 1010. The molecule has 1 amide bonds. The van der Waals surface area contributed by atoms with Gasteiger partial charge >= 0.3 is 0 Å². The van der Waals surface area contributed by atoms with Gasteiger partial charge in [0.05, 0.1) is 17.6 Å². The lowest BCUT2D eigenvalue weighted by Crippen LogP contribution is -2.41. The summed E-state index contributed by atoms with van der Waals surface area (Å²) in [4.78, 5) is 11.9. The van der Waals surface area contributed by atoms with Crippen molar-refractivity contribution in [3.63, 3.8) is 0 Å². The lowest BCUT2D eigenvalue weighted by atomic mass is 10.2. The third-order valence-electron chi connectivity index (χ3n) is 3.58. The number of nitrogens with one attached hydrogen (secondary N) is 1. The van der Waals surface area contributed by atoms with Gasteiger partial charge in [-0.05, 0) is 18.2 Å². The molecule has 4 rings (SSSR count). The first-order valence-electron chi connectivity index (χ1n) is 6.97. The van der Waals surface area contributed by atoms with Crippen molar-refractivity contribution in [3.05, 3.63) is 48.0 Å². The lowest BCUT2D eigenvalue weighted by Gasteiger charge is -2.29. The van der Waals surface area contributed by atoms with E-state index in [2.05, 4.69) is 10.5 Å². The van der Waals surface area contributed by atoms with Gasteiger partial charge in [-0.2, -0.15) is 0 Å². The molecule has 3 aromatic rings. The molecular weight excluding hydrogens is 350 g/mol. The maximum atomic E-state index is 13.0. The van der Waals surface area contributed by atoms with Crippen LogP contribution in [-0.4, -0.2) is 26.0 Å². The molecule has 1 N–H and O–H groups in total. The number of carbonyl (C=O) groups excluding carboxylic acids is 1. The van der Waals surface area contributed by atoms with Crippen molar-refractivity contribution in [2.75, 3.05) is 16.2 Å². The fraction of sp³-hybridized carbons (Fsp3) is 0.0667. The molecule has 1 aliphatic rings. The van der Waals surface area contributed by atoms with Crippen LogP contribution in [0, 0.1) is 0 Å². The Morgan fingerprint density at radius 2 is 2.08 bits per heavy atom. The van der Waals surface area contributed by atoms with Crippen LogP contribution in [0.3, 0.4) is 0 Å². The minimum Gasteiger partial charge on any atom is -0.356 e. The molecule has 7 nitrogen and oxygen atoms in total. The first kappa shape index (κ1) is 14.9. The van der Waals surface area contributed by atoms with Crippen LogP contribution in [0.1, 0.15) is 0 Å². The quantitative estimate of drug-likeness (QED) is 0.774. The molecule has 122 valence electrons. The van der Waals surface area contributed by atoms with Gasteiger partial charge in [-0.25, -0.2) is 8.42 Å². The molecule has 3 heterocycles. The van der Waals surface area contributed by atoms with Crippen molar-refractivity contribution >= 4 is 38.6 Å². The molecule has 0 fully saturated rings. The highest BCUT2D eigenvalue weighted by Crippen LogP contribution is 2.36. The number of sulfonamides is 1. The summed E-state index contributed by atoms with van der Waals surface area (Å²) in [6.45, 7) is -0.255. The van der Waals surface area contributed by atoms with Crippen LogP contribution >= 0.6 is 11.3 Å². The van der Waals surface area contributed by atoms with E-state index >= 15 is 0 Å². The summed E-state index contributed by atoms with van der Waals surface area (Å²) in [6, 6.07) is 9.98. The van der Waals surface area contributed by atoms with Crippen LogP contribution in [0.2, 0.25) is 0 Å². The smallest absolute Gasteiger partial charge is 0.274 e. The zero-order valence-electron chi connectivity index (χ0n) is 12.2. The van der Waals surface area contributed by atoms with E-state index in [1.165, 1.54) is 12.3 Å². The maximum Gasteiger partial charge on any atom is 0.274 e. The Morgan fingerprint density at radius 3 is 2.88 bits per heavy atom. The van der Waals surface area contributed by atoms with Gasteiger partial charge in [-0.15, -0.1) is 11.3 Å². The van der Waals surface area contributed by atoms with Gasteiger partial charge in [-0.3, -0.25) is 9.10 Å². The van der Waals surface area contributed by atoms with Crippen LogP contribution < -0.4 is 9.62 Å². The van der Waals surface area contributed by atoms with Crippen molar-refractivity contribution in [2.24, 2.45) is 0 Å². The fourth-order valence-electron chi connectivity index (χ4n) is 2.47. The molecule has 0 unspecified atom stereocenters. The molecule has 0 saturated heterocycles. The largest absolute Gasteiger partial charge is 0.356 e. The normalized spacial score (nSPS) is 14.3. The first-order chi connectivity index (χ1) is 11.6. The van der Waals surface area contributed by atoms with Crippen LogP contribution in [0.25, 0.3) is 11.3 Å². The second-order valence-corrected chi connectivity index (χ2v) is 8.11. The van der Waals surface area contributed by atoms with Crippen molar-refractivity contribution in [3.8, 4) is 11.3 Å². The van der Waals surface area contributed by atoms with Gasteiger partial charge in [0.15, 0.2) is 5.76 Å². The number of rotatable bonds is 3. The fourth-order valence-corrected chi connectivity index (χ4v) is 5.19. The highest BCUT2D eigenvalue weighted by Gasteiger charge is 2.33. The molecule has 0 bridgehead atoms. The maximum absolute atomic E-state index is 13.0. The van der Waals surface area contributed by atoms with Crippen LogP contribution in [0.5, 0.6) is 0 Å². The number of benzene rings is 1. The molecule has 2 aromatic heterocycles. The number of hydrogen-bond donors (Lipinski definition) is 1. The number of hydrogen-bond acceptors (Lipinski definition) is 6. The highest BCUT2D eigenvalue weighted by molar-refractivity contribution is 7.94. The zero-order valence-corrected chi connectivity index (χ0v) is 13.8. The van der Waals surface area contributed by atoms with Gasteiger partial charge in [0, 0.05) is 17.0 Å². The predicted molar refractivity (Wildman–Crippen MR) is 89.4 cm³/mol. The van der Waals surface area contributed by atoms with E-state index in [0.717, 1.165) is 15.6 Å². The number of anilines is 2. The highest BCUT2D eigenvalue weighted by atomic mass is 32.2. The molecule has 1 aliphatic heterocycles. The van der Waals surface area contributed by atoms with Gasteiger partial charge in [0.1, 0.15) is 10.8 Å². The summed E-state index contributed by atoms with van der Waals surface area (Å²) < 4.78 is 32.3. The molecule has 0 aliphatic carbocycles. The number of para-hydroxylation sites is 2. The van der Waals surface area contributed by atoms with E-state index in [9.17, 15) is 13.2 Å². The van der Waals surface area contributed by atoms with E-state index in [-0.39, 0.29) is 16.7 Å². The molecular formula is C15H11N3O4S2. The lowest BCUT2D eigenvalue weighted by molar-refractivity contribution is -0.115. The van der Waals surface area contributed by atoms with Gasteiger partial charge in [0.25, 0.3) is 10.0 Å². The molecule has 0 radical (unpaired) electrons. The first-order valence-corrected chi connectivity index (χ1v) is 9.29. The average molecular weight is 361 g/mol. The number of nitrogens with zero attached hydrogens (tertiary/aromatic N) is 2. The average Bonchev–Trinajstić information content (AvgIpc) is 3.25. The minimum absolute atomic E-state index is 0.137. The van der Waals surface area contributed by atoms with E-state index in [4.69, 9.17) is 4.52 Å². The predicted octanol–water partition coefficient (Wildman–Crippen LogP) is 2.55. The van der Waals surface area contributed by atoms with Crippen molar-refractivity contribution in [1.82, 2.24) is 5.16 Å². The monoisotopic (exact) mass is 361 g/mol. The Balaban J connectivity index is 1.77. The van der Waals surface area contributed by atoms with Crippen molar-refractivity contribution in [1.29, 1.82) is 0 Å². The van der Waals surface area contributed by atoms with Crippen molar-refractivity contribution < 1.29 is 17.7 Å². The third-order valence-corrected chi connectivity index (χ3v) is 6.75. The van der Waals surface area contributed by atoms with Gasteiger partial charge in [-0.1, -0.05) is 17.3 Å². The van der Waals surface area contributed by atoms with Crippen LogP contribution in [0.4, 0.5) is 11.4 Å². The second-order valence-electron chi connectivity index (χ2n) is 5.11. The van der Waals surface area contributed by atoms with E-state index in [0.29, 0.717) is 22.7 Å². The SMILES string of the molecule is O=C1CN(S(=O)(=O)c2cc(-c3ccno3)cs2)c2ccccc2N1. The standard InChI is InChI=1S/C15H11N3O4S2/c19-14-8-18(12-4-2-1-3-11(12)17-14)24(20,21)15-7-10(9-23-15)13-5-6-16-22-13/h1-7,9H,8H2,(H,17,19). The van der Waals surface area contributed by atoms with E-state index in [1.54, 1.807) is 35.7 Å². The Labute approximate surface area is 141 Å². The molecule has 1 aromatic carbocycles. The number of fused-ring (bicyclic) bond motifs is 1. The molecule has 0 saturated carbocycles. The number of aromatic nitrogens is 1. The van der Waals surface area contributed by atoms with Crippen LogP contribution in [0.15, 0.2) is 56.7 Å². The molecule has 0 spiro atoms. The Hall–Kier alpha value is -2.65. The summed E-state index contributed by atoms with van der Waals surface area (Å²) in [6.07, 6.45) is 1.49. The molecule has 24 heavy (non-hydrogen) atoms. The number of thiophene rings is 1. The Kier molecular flexibility index (Phi) is 3.39. The zero-order chi connectivity index (χ0) is 16.7. The van der Waals surface area contributed by atoms with Crippen LogP contribution in [-0.2, 0) is 14.8 Å². The summed E-state index contributed by atoms with van der Waals surface area (Å²) in [5.41, 5.74) is 1.56. The summed E-state index contributed by atoms with van der Waals surface area (Å²) >= 11 is 1.08. The number of amides is 1. The third kappa shape index (κ3) is 2.38. The van der Waals surface area contributed by atoms with Gasteiger partial charge in [0.2, 0.25) is 5.91 Å². The molecule has 9 heteroatoms. The Morgan fingerprint density at radius 1 is 1.25 bits per heavy atom. The van der Waals surface area contributed by atoms with E-state index in [1.807, 2.05) is 0 Å². The second kappa shape index (κ2) is 5.46. The molecule has 0 atom stereocenters. The summed E-state index contributed by atoms with van der Waals surface area (Å²) in [7, 11) is -3.85. The summed E-state index contributed by atoms with van der Waals surface area (Å²) in [5, 5.41) is 7.98. The topological polar surface area (TPSA) is 92.5 Å². The van der Waals surface area contributed by atoms with E-state index < -0.39 is 10.0 Å². The summed E-state index contributed by atoms with van der Waals surface area (Å²) in [5.74, 6) is 0.119. The minimum atomic E-state index is -3.85.